The van der Waals surface area contributed by atoms with Crippen molar-refractivity contribution in [3.8, 4) is 0 Å². The van der Waals surface area contributed by atoms with Crippen molar-refractivity contribution in [2.75, 3.05) is 12.4 Å². The number of ether oxygens (including phenoxy) is 2. The first-order chi connectivity index (χ1) is 10.3. The highest BCUT2D eigenvalue weighted by Gasteiger charge is 2.51. The van der Waals surface area contributed by atoms with E-state index in [1.165, 1.54) is 12.1 Å². The van der Waals surface area contributed by atoms with Crippen LogP contribution in [0.15, 0.2) is 35.2 Å². The molecule has 0 aromatic heterocycles. The molecule has 1 saturated heterocycles. The molecule has 2 unspecified atom stereocenters. The van der Waals surface area contributed by atoms with Gasteiger partial charge in [0.05, 0.1) is 22.2 Å². The lowest BCUT2D eigenvalue weighted by atomic mass is 9.92. The third kappa shape index (κ3) is 3.56. The van der Waals surface area contributed by atoms with Gasteiger partial charge in [-0.1, -0.05) is 25.1 Å². The van der Waals surface area contributed by atoms with Gasteiger partial charge in [0, 0.05) is 6.61 Å². The van der Waals surface area contributed by atoms with E-state index in [0.717, 1.165) is 6.42 Å². The molecule has 1 fully saturated rings. The van der Waals surface area contributed by atoms with E-state index in [4.69, 9.17) is 9.47 Å². The maximum Gasteiger partial charge on any atom is 0.218 e. The molecule has 1 aliphatic heterocycles. The molecule has 0 saturated carbocycles. The molecule has 5 nitrogen and oxygen atoms in total. The van der Waals surface area contributed by atoms with Gasteiger partial charge >= 0.3 is 0 Å². The van der Waals surface area contributed by atoms with Crippen LogP contribution in [0.5, 0.6) is 0 Å². The lowest BCUT2D eigenvalue weighted by Gasteiger charge is -2.24. The monoisotopic (exact) mass is 326 g/mol. The highest BCUT2D eigenvalue weighted by molar-refractivity contribution is 7.91. The van der Waals surface area contributed by atoms with Gasteiger partial charge in [0.1, 0.15) is 0 Å². The van der Waals surface area contributed by atoms with E-state index < -0.39 is 27.6 Å². The summed E-state index contributed by atoms with van der Waals surface area (Å²) < 4.78 is 36.0. The number of rotatable bonds is 6. The molecule has 1 heterocycles. The molecule has 0 spiro atoms. The van der Waals surface area contributed by atoms with Crippen LogP contribution < -0.4 is 0 Å². The van der Waals surface area contributed by atoms with E-state index in [9.17, 15) is 13.2 Å². The summed E-state index contributed by atoms with van der Waals surface area (Å²) in [4.78, 5) is 12.6. The standard InChI is InChI=1S/C16H22O5S/c1-4-10-20-15-14(17)13(16(2,3)21-15)11-22(18,19)12-8-6-5-7-9-12/h5-9,13,15H,4,10-11H2,1-3H3. The van der Waals surface area contributed by atoms with Crippen molar-refractivity contribution < 1.29 is 22.7 Å². The molecule has 0 aliphatic carbocycles. The first-order valence-electron chi connectivity index (χ1n) is 7.39. The van der Waals surface area contributed by atoms with Crippen molar-refractivity contribution >= 4 is 15.6 Å². The maximum atomic E-state index is 12.5. The number of ketones is 1. The zero-order valence-corrected chi connectivity index (χ0v) is 13.9. The van der Waals surface area contributed by atoms with Gasteiger partial charge in [0.2, 0.25) is 6.29 Å². The van der Waals surface area contributed by atoms with Gasteiger partial charge in [-0.25, -0.2) is 8.42 Å². The zero-order valence-electron chi connectivity index (χ0n) is 13.1. The summed E-state index contributed by atoms with van der Waals surface area (Å²) in [6.45, 7) is 5.79. The zero-order chi connectivity index (χ0) is 16.4. The Morgan fingerprint density at radius 1 is 1.23 bits per heavy atom. The van der Waals surface area contributed by atoms with Crippen LogP contribution in [0.1, 0.15) is 27.2 Å². The van der Waals surface area contributed by atoms with Gasteiger partial charge in [-0.3, -0.25) is 4.79 Å². The van der Waals surface area contributed by atoms with E-state index in [0.29, 0.717) is 6.61 Å². The fraction of sp³-hybridized carbons (Fsp3) is 0.562. The van der Waals surface area contributed by atoms with E-state index in [1.54, 1.807) is 32.0 Å². The number of hydrogen-bond donors (Lipinski definition) is 0. The minimum atomic E-state index is -3.55. The van der Waals surface area contributed by atoms with Crippen LogP contribution in [0.3, 0.4) is 0 Å². The number of carbonyl (C=O) groups excluding carboxylic acids is 1. The van der Waals surface area contributed by atoms with Crippen LogP contribution in [-0.2, 0) is 24.1 Å². The Labute approximate surface area is 131 Å². The molecular formula is C16H22O5S. The Hall–Kier alpha value is -1.24. The van der Waals surface area contributed by atoms with Crippen molar-refractivity contribution in [3.63, 3.8) is 0 Å². The molecule has 0 N–H and O–H groups in total. The molecule has 1 aromatic carbocycles. The summed E-state index contributed by atoms with van der Waals surface area (Å²) >= 11 is 0. The number of sulfone groups is 1. The first kappa shape index (κ1) is 17.1. The second-order valence-electron chi connectivity index (χ2n) is 5.97. The van der Waals surface area contributed by atoms with E-state index >= 15 is 0 Å². The SMILES string of the molecule is CCCOC1OC(C)(C)C(CS(=O)(=O)c2ccccc2)C1=O. The summed E-state index contributed by atoms with van der Waals surface area (Å²) in [5.74, 6) is -1.30. The van der Waals surface area contributed by atoms with Crippen LogP contribution in [-0.4, -0.2) is 38.5 Å². The Morgan fingerprint density at radius 2 is 1.86 bits per heavy atom. The van der Waals surface area contributed by atoms with Crippen molar-refractivity contribution in [1.82, 2.24) is 0 Å². The third-order valence-electron chi connectivity index (χ3n) is 3.79. The van der Waals surface area contributed by atoms with Crippen LogP contribution in [0, 0.1) is 5.92 Å². The summed E-state index contributed by atoms with van der Waals surface area (Å²) in [7, 11) is -3.55. The lowest BCUT2D eigenvalue weighted by Crippen LogP contribution is -2.35. The van der Waals surface area contributed by atoms with Crippen LogP contribution in [0.4, 0.5) is 0 Å². The van der Waals surface area contributed by atoms with Gasteiger partial charge < -0.3 is 9.47 Å². The van der Waals surface area contributed by atoms with Gasteiger partial charge in [-0.15, -0.1) is 0 Å². The van der Waals surface area contributed by atoms with Gasteiger partial charge in [0.25, 0.3) is 0 Å². The second-order valence-corrected chi connectivity index (χ2v) is 8.01. The maximum absolute atomic E-state index is 12.5. The first-order valence-corrected chi connectivity index (χ1v) is 9.04. The van der Waals surface area contributed by atoms with Crippen molar-refractivity contribution in [2.24, 2.45) is 5.92 Å². The Morgan fingerprint density at radius 3 is 2.45 bits per heavy atom. The van der Waals surface area contributed by atoms with E-state index in [-0.39, 0.29) is 16.4 Å². The molecule has 6 heteroatoms. The normalized spacial score (nSPS) is 24.6. The Bertz CT molecular complexity index is 621. The third-order valence-corrected chi connectivity index (χ3v) is 5.55. The minimum absolute atomic E-state index is 0.219. The van der Waals surface area contributed by atoms with Crippen molar-refractivity contribution in [2.45, 2.75) is 44.0 Å². The number of Topliss-reactive ketones (excluding diaryl/α,β-unsaturated/α-hetero) is 1. The predicted molar refractivity (Wildman–Crippen MR) is 82.2 cm³/mol. The lowest BCUT2D eigenvalue weighted by molar-refractivity contribution is -0.170. The molecule has 122 valence electrons. The van der Waals surface area contributed by atoms with E-state index in [1.807, 2.05) is 6.92 Å². The highest BCUT2D eigenvalue weighted by atomic mass is 32.2. The summed E-state index contributed by atoms with van der Waals surface area (Å²) in [5, 5.41) is 0. The molecule has 2 rings (SSSR count). The van der Waals surface area contributed by atoms with Crippen LogP contribution in [0.2, 0.25) is 0 Å². The Kier molecular flexibility index (Phi) is 5.04. The van der Waals surface area contributed by atoms with Gasteiger partial charge in [-0.05, 0) is 32.4 Å². The molecule has 2 atom stereocenters. The average molecular weight is 326 g/mol. The second kappa shape index (κ2) is 6.48. The van der Waals surface area contributed by atoms with Crippen molar-refractivity contribution in [3.05, 3.63) is 30.3 Å². The summed E-state index contributed by atoms with van der Waals surface area (Å²) in [5.41, 5.74) is -0.864. The smallest absolute Gasteiger partial charge is 0.218 e. The molecule has 1 aliphatic rings. The van der Waals surface area contributed by atoms with Crippen LogP contribution in [0.25, 0.3) is 0 Å². The fourth-order valence-corrected chi connectivity index (χ4v) is 4.26. The quantitative estimate of drug-likeness (QED) is 0.801. The Balaban J connectivity index is 2.19. The summed E-state index contributed by atoms with van der Waals surface area (Å²) in [6.07, 6.45) is -0.202. The number of hydrogen-bond acceptors (Lipinski definition) is 5. The molecule has 22 heavy (non-hydrogen) atoms. The molecule has 1 aromatic rings. The minimum Gasteiger partial charge on any atom is -0.346 e. The topological polar surface area (TPSA) is 69.7 Å². The number of carbonyl (C=O) groups is 1. The molecular weight excluding hydrogens is 304 g/mol. The predicted octanol–water partition coefficient (Wildman–Crippen LogP) is 2.21. The van der Waals surface area contributed by atoms with Crippen LogP contribution >= 0.6 is 0 Å². The fourth-order valence-electron chi connectivity index (χ4n) is 2.49. The van der Waals surface area contributed by atoms with Gasteiger partial charge in [0.15, 0.2) is 15.6 Å². The summed E-state index contributed by atoms with van der Waals surface area (Å²) in [6, 6.07) is 8.15. The van der Waals surface area contributed by atoms with Gasteiger partial charge in [-0.2, -0.15) is 0 Å². The molecule has 0 bridgehead atoms. The van der Waals surface area contributed by atoms with E-state index in [2.05, 4.69) is 0 Å². The highest BCUT2D eigenvalue weighted by Crippen LogP contribution is 2.35. The molecule has 0 amide bonds. The van der Waals surface area contributed by atoms with Crippen molar-refractivity contribution in [1.29, 1.82) is 0 Å². The largest absolute Gasteiger partial charge is 0.346 e. The number of benzene rings is 1. The average Bonchev–Trinajstić information content (AvgIpc) is 2.69. The molecule has 0 radical (unpaired) electrons.